The fourth-order valence-corrected chi connectivity index (χ4v) is 5.79. The van der Waals surface area contributed by atoms with E-state index in [9.17, 15) is 9.59 Å². The van der Waals surface area contributed by atoms with Gasteiger partial charge in [0.25, 0.3) is 5.91 Å². The molecule has 0 spiro atoms. The Balaban J connectivity index is 1.25. The molecule has 0 atom stereocenters. The van der Waals surface area contributed by atoms with Crippen LogP contribution >= 0.6 is 46.3 Å². The summed E-state index contributed by atoms with van der Waals surface area (Å²) in [7, 11) is 0. The van der Waals surface area contributed by atoms with Crippen molar-refractivity contribution in [3.8, 4) is 0 Å². The fraction of sp³-hybridized carbons (Fsp3) is 0.286. The molecule has 0 saturated carbocycles. The van der Waals surface area contributed by atoms with Crippen LogP contribution in [-0.2, 0) is 10.5 Å². The van der Waals surface area contributed by atoms with Gasteiger partial charge in [-0.25, -0.2) is 4.98 Å². The summed E-state index contributed by atoms with van der Waals surface area (Å²) in [5.74, 6) is 1.11. The lowest BCUT2D eigenvalue weighted by atomic mass is 10.2. The summed E-state index contributed by atoms with van der Waals surface area (Å²) in [5.41, 5.74) is 1.48. The molecule has 2 heterocycles. The van der Waals surface area contributed by atoms with E-state index in [0.717, 1.165) is 16.3 Å². The molecule has 1 aliphatic heterocycles. The molecule has 9 heteroatoms. The van der Waals surface area contributed by atoms with Crippen molar-refractivity contribution in [3.05, 3.63) is 63.1 Å². The molecular weight excluding hydrogens is 461 g/mol. The first-order chi connectivity index (χ1) is 14.5. The highest BCUT2D eigenvalue weighted by atomic mass is 35.5. The third-order valence-corrected chi connectivity index (χ3v) is 7.40. The zero-order chi connectivity index (χ0) is 21.1. The van der Waals surface area contributed by atoms with Crippen molar-refractivity contribution in [2.24, 2.45) is 0 Å². The van der Waals surface area contributed by atoms with Crippen molar-refractivity contribution in [3.63, 3.8) is 0 Å². The van der Waals surface area contributed by atoms with Crippen LogP contribution in [0.25, 0.3) is 10.2 Å². The molecule has 0 N–H and O–H groups in total. The van der Waals surface area contributed by atoms with E-state index in [0.29, 0.717) is 47.5 Å². The van der Waals surface area contributed by atoms with Gasteiger partial charge >= 0.3 is 0 Å². The van der Waals surface area contributed by atoms with E-state index >= 15 is 0 Å². The first-order valence-electron chi connectivity index (χ1n) is 9.45. The van der Waals surface area contributed by atoms with Crippen LogP contribution in [-0.4, -0.2) is 58.5 Å². The maximum Gasteiger partial charge on any atom is 0.254 e. The number of hydrogen-bond acceptors (Lipinski definition) is 5. The summed E-state index contributed by atoms with van der Waals surface area (Å²) >= 11 is 15.2. The number of fused-ring (bicyclic) bond motifs is 1. The van der Waals surface area contributed by atoms with Crippen LogP contribution in [0.2, 0.25) is 10.0 Å². The maximum absolute atomic E-state index is 12.7. The second-order valence-electron chi connectivity index (χ2n) is 6.90. The van der Waals surface area contributed by atoms with E-state index in [1.807, 2.05) is 23.1 Å². The van der Waals surface area contributed by atoms with Crippen LogP contribution in [0.1, 0.15) is 15.4 Å². The average molecular weight is 480 g/mol. The predicted octanol–water partition coefficient (Wildman–Crippen LogP) is 4.82. The van der Waals surface area contributed by atoms with Crippen LogP contribution in [0.15, 0.2) is 42.5 Å². The Hall–Kier alpha value is -1.80. The monoisotopic (exact) mass is 479 g/mol. The standard InChI is InChI=1S/C21H19Cl2N3O2S2/c22-15-9-14(10-16(23)11-15)21(28)26-7-5-25(6-8-26)20(27)13-29-12-19-24-17-3-1-2-4-18(17)30-19/h1-4,9-11H,5-8,12-13H2. The van der Waals surface area contributed by atoms with Crippen molar-refractivity contribution < 1.29 is 9.59 Å². The molecule has 3 aromatic rings. The third kappa shape index (κ3) is 5.09. The molecule has 0 bridgehead atoms. The van der Waals surface area contributed by atoms with Gasteiger partial charge in [0.2, 0.25) is 5.91 Å². The number of amides is 2. The third-order valence-electron chi connectivity index (χ3n) is 4.82. The van der Waals surface area contributed by atoms with Crippen LogP contribution in [0.5, 0.6) is 0 Å². The molecule has 5 nitrogen and oxygen atoms in total. The number of carbonyl (C=O) groups excluding carboxylic acids is 2. The molecule has 2 aromatic carbocycles. The molecule has 1 fully saturated rings. The lowest BCUT2D eigenvalue weighted by molar-refractivity contribution is -0.129. The number of aromatic nitrogens is 1. The van der Waals surface area contributed by atoms with Crippen LogP contribution < -0.4 is 0 Å². The van der Waals surface area contributed by atoms with Gasteiger partial charge in [0, 0.05) is 47.5 Å². The molecule has 0 aliphatic carbocycles. The molecule has 0 unspecified atom stereocenters. The summed E-state index contributed by atoms with van der Waals surface area (Å²) in [6, 6.07) is 12.9. The Bertz CT molecular complexity index is 1030. The second kappa shape index (κ2) is 9.56. The van der Waals surface area contributed by atoms with E-state index in [2.05, 4.69) is 11.1 Å². The topological polar surface area (TPSA) is 53.5 Å². The van der Waals surface area contributed by atoms with E-state index < -0.39 is 0 Å². The Morgan fingerprint density at radius 1 is 1.00 bits per heavy atom. The van der Waals surface area contributed by atoms with E-state index in [1.54, 1.807) is 46.2 Å². The largest absolute Gasteiger partial charge is 0.338 e. The molecule has 156 valence electrons. The highest BCUT2D eigenvalue weighted by Gasteiger charge is 2.25. The zero-order valence-electron chi connectivity index (χ0n) is 16.0. The summed E-state index contributed by atoms with van der Waals surface area (Å²) in [4.78, 5) is 33.4. The van der Waals surface area contributed by atoms with Gasteiger partial charge in [-0.3, -0.25) is 9.59 Å². The van der Waals surface area contributed by atoms with Crippen molar-refractivity contribution in [1.82, 2.24) is 14.8 Å². The van der Waals surface area contributed by atoms with Gasteiger partial charge in [0.05, 0.1) is 16.0 Å². The first kappa shape index (κ1) is 21.4. The average Bonchev–Trinajstić information content (AvgIpc) is 3.15. The Kier molecular flexibility index (Phi) is 6.83. The number of halogens is 2. The lowest BCUT2D eigenvalue weighted by Crippen LogP contribution is -2.51. The minimum atomic E-state index is -0.114. The van der Waals surface area contributed by atoms with Crippen molar-refractivity contribution in [2.75, 3.05) is 31.9 Å². The number of benzene rings is 2. The molecule has 0 radical (unpaired) electrons. The minimum absolute atomic E-state index is 0.0963. The van der Waals surface area contributed by atoms with Gasteiger partial charge in [-0.05, 0) is 30.3 Å². The number of piperazine rings is 1. The summed E-state index contributed by atoms with van der Waals surface area (Å²) < 4.78 is 1.17. The Morgan fingerprint density at radius 2 is 1.67 bits per heavy atom. The highest BCUT2D eigenvalue weighted by molar-refractivity contribution is 7.99. The smallest absolute Gasteiger partial charge is 0.254 e. The van der Waals surface area contributed by atoms with Gasteiger partial charge < -0.3 is 9.80 Å². The SMILES string of the molecule is O=C(CSCc1nc2ccccc2s1)N1CCN(C(=O)c2cc(Cl)cc(Cl)c2)CC1. The highest BCUT2D eigenvalue weighted by Crippen LogP contribution is 2.25. The summed E-state index contributed by atoms with van der Waals surface area (Å²) in [5, 5.41) is 1.90. The first-order valence-corrected chi connectivity index (χ1v) is 12.2. The van der Waals surface area contributed by atoms with E-state index in [4.69, 9.17) is 23.2 Å². The molecule has 1 aliphatic rings. The van der Waals surface area contributed by atoms with Crippen LogP contribution in [0.4, 0.5) is 0 Å². The Morgan fingerprint density at radius 3 is 2.37 bits per heavy atom. The molecule has 1 saturated heterocycles. The minimum Gasteiger partial charge on any atom is -0.338 e. The summed E-state index contributed by atoms with van der Waals surface area (Å²) in [6.45, 7) is 2.05. The van der Waals surface area contributed by atoms with Crippen molar-refractivity contribution in [2.45, 2.75) is 5.75 Å². The lowest BCUT2D eigenvalue weighted by Gasteiger charge is -2.34. The van der Waals surface area contributed by atoms with Crippen LogP contribution in [0, 0.1) is 0 Å². The van der Waals surface area contributed by atoms with Gasteiger partial charge in [-0.2, -0.15) is 0 Å². The molecule has 4 rings (SSSR count). The van der Waals surface area contributed by atoms with E-state index in [1.165, 1.54) is 4.70 Å². The molecule has 2 amide bonds. The molecule has 30 heavy (non-hydrogen) atoms. The zero-order valence-corrected chi connectivity index (χ0v) is 19.2. The number of thioether (sulfide) groups is 1. The summed E-state index contributed by atoms with van der Waals surface area (Å²) in [6.07, 6.45) is 0. The van der Waals surface area contributed by atoms with Gasteiger partial charge in [-0.15, -0.1) is 23.1 Å². The second-order valence-corrected chi connectivity index (χ2v) is 9.87. The van der Waals surface area contributed by atoms with E-state index in [-0.39, 0.29) is 11.8 Å². The van der Waals surface area contributed by atoms with Gasteiger partial charge in [0.1, 0.15) is 5.01 Å². The number of hydrogen-bond donors (Lipinski definition) is 0. The number of rotatable bonds is 5. The number of thiazole rings is 1. The quantitative estimate of drug-likeness (QED) is 0.526. The number of carbonyl (C=O) groups is 2. The van der Waals surface area contributed by atoms with Crippen molar-refractivity contribution >= 4 is 68.3 Å². The maximum atomic E-state index is 12.7. The predicted molar refractivity (Wildman–Crippen MR) is 125 cm³/mol. The number of para-hydroxylation sites is 1. The molecule has 1 aromatic heterocycles. The van der Waals surface area contributed by atoms with Crippen molar-refractivity contribution in [1.29, 1.82) is 0 Å². The van der Waals surface area contributed by atoms with Crippen LogP contribution in [0.3, 0.4) is 0 Å². The van der Waals surface area contributed by atoms with Gasteiger partial charge in [-0.1, -0.05) is 35.3 Å². The number of nitrogens with zero attached hydrogens (tertiary/aromatic N) is 3. The van der Waals surface area contributed by atoms with Gasteiger partial charge in [0.15, 0.2) is 0 Å². The Labute approximate surface area is 193 Å². The normalized spacial score (nSPS) is 14.3. The molecular formula is C21H19Cl2N3O2S2. The fourth-order valence-electron chi connectivity index (χ4n) is 3.32.